The van der Waals surface area contributed by atoms with Gasteiger partial charge in [-0.3, -0.25) is 4.98 Å². The summed E-state index contributed by atoms with van der Waals surface area (Å²) < 4.78 is 27.8. The van der Waals surface area contributed by atoms with Crippen molar-refractivity contribution >= 4 is 10.0 Å². The second-order valence-corrected chi connectivity index (χ2v) is 8.80. The lowest BCUT2D eigenvalue weighted by molar-refractivity contribution is 0.388. The first kappa shape index (κ1) is 18.0. The standard InChI is InChI=1S/C19H25N3O2S/c1-15-6-8-18(9-7-15)25(23,24)22-12-4-5-19(22)16-10-11-20-17(13-16)14-21(2)3/h6-11,13,19H,4-5,12,14H2,1-3H3. The molecule has 0 aliphatic carbocycles. The highest BCUT2D eigenvalue weighted by Crippen LogP contribution is 2.36. The molecule has 1 fully saturated rings. The SMILES string of the molecule is Cc1ccc(S(=O)(=O)N2CCCC2c2ccnc(CN(C)C)c2)cc1. The Morgan fingerprint density at radius 2 is 1.92 bits per heavy atom. The van der Waals surface area contributed by atoms with E-state index in [1.54, 1.807) is 22.6 Å². The minimum atomic E-state index is -3.49. The van der Waals surface area contributed by atoms with Crippen molar-refractivity contribution in [2.45, 2.75) is 37.2 Å². The third-order valence-electron chi connectivity index (χ3n) is 4.53. The lowest BCUT2D eigenvalue weighted by atomic mass is 10.1. The van der Waals surface area contributed by atoms with Gasteiger partial charge in [0.25, 0.3) is 0 Å². The highest BCUT2D eigenvalue weighted by Gasteiger charge is 2.36. The minimum absolute atomic E-state index is 0.116. The van der Waals surface area contributed by atoms with E-state index in [0.717, 1.165) is 36.2 Å². The molecule has 1 unspecified atom stereocenters. The first-order valence-electron chi connectivity index (χ1n) is 8.56. The molecule has 0 saturated carbocycles. The largest absolute Gasteiger partial charge is 0.304 e. The molecule has 1 aromatic heterocycles. The first-order valence-corrected chi connectivity index (χ1v) is 10.00. The summed E-state index contributed by atoms with van der Waals surface area (Å²) in [6.45, 7) is 3.26. The molecule has 134 valence electrons. The maximum Gasteiger partial charge on any atom is 0.243 e. The minimum Gasteiger partial charge on any atom is -0.304 e. The van der Waals surface area contributed by atoms with E-state index in [0.29, 0.717) is 11.4 Å². The summed E-state index contributed by atoms with van der Waals surface area (Å²) in [4.78, 5) is 6.82. The molecule has 0 spiro atoms. The van der Waals surface area contributed by atoms with Crippen LogP contribution >= 0.6 is 0 Å². The van der Waals surface area contributed by atoms with Crippen molar-refractivity contribution < 1.29 is 8.42 Å². The number of aromatic nitrogens is 1. The third-order valence-corrected chi connectivity index (χ3v) is 6.46. The molecule has 0 radical (unpaired) electrons. The normalized spacial score (nSPS) is 18.8. The molecular formula is C19H25N3O2S. The average Bonchev–Trinajstić information content (AvgIpc) is 3.05. The van der Waals surface area contributed by atoms with Crippen LogP contribution in [-0.4, -0.2) is 43.2 Å². The fraction of sp³-hybridized carbons (Fsp3) is 0.421. The van der Waals surface area contributed by atoms with Crippen molar-refractivity contribution in [3.63, 3.8) is 0 Å². The van der Waals surface area contributed by atoms with E-state index in [1.807, 2.05) is 45.3 Å². The van der Waals surface area contributed by atoms with Gasteiger partial charge in [-0.15, -0.1) is 0 Å². The Morgan fingerprint density at radius 3 is 2.60 bits per heavy atom. The number of benzene rings is 1. The molecule has 0 bridgehead atoms. The summed E-state index contributed by atoms with van der Waals surface area (Å²) in [6.07, 6.45) is 3.50. The quantitative estimate of drug-likeness (QED) is 0.824. The van der Waals surface area contributed by atoms with Gasteiger partial charge in [-0.2, -0.15) is 4.31 Å². The summed E-state index contributed by atoms with van der Waals surface area (Å²) in [7, 11) is 0.510. The van der Waals surface area contributed by atoms with Crippen LogP contribution in [0.3, 0.4) is 0 Å². The predicted molar refractivity (Wildman–Crippen MR) is 98.7 cm³/mol. The molecule has 6 heteroatoms. The van der Waals surface area contributed by atoms with Crippen LogP contribution < -0.4 is 0 Å². The molecule has 2 heterocycles. The fourth-order valence-corrected chi connectivity index (χ4v) is 5.00. The van der Waals surface area contributed by atoms with Gasteiger partial charge in [0.15, 0.2) is 0 Å². The summed E-state index contributed by atoms with van der Waals surface area (Å²) in [5, 5.41) is 0. The predicted octanol–water partition coefficient (Wildman–Crippen LogP) is 2.98. The van der Waals surface area contributed by atoms with Crippen molar-refractivity contribution in [3.05, 3.63) is 59.4 Å². The average molecular weight is 359 g/mol. The maximum absolute atomic E-state index is 13.1. The van der Waals surface area contributed by atoms with Gasteiger partial charge in [0.1, 0.15) is 0 Å². The Kier molecular flexibility index (Phi) is 5.22. The van der Waals surface area contributed by atoms with E-state index >= 15 is 0 Å². The number of hydrogen-bond acceptors (Lipinski definition) is 4. The summed E-state index contributed by atoms with van der Waals surface area (Å²) in [6, 6.07) is 10.9. The van der Waals surface area contributed by atoms with Crippen molar-refractivity contribution in [3.8, 4) is 0 Å². The number of pyridine rings is 1. The van der Waals surface area contributed by atoms with Crippen molar-refractivity contribution in [2.75, 3.05) is 20.6 Å². The Hall–Kier alpha value is -1.76. The maximum atomic E-state index is 13.1. The van der Waals surface area contributed by atoms with Crippen LogP contribution in [0, 0.1) is 6.92 Å². The molecule has 1 aliphatic rings. The van der Waals surface area contributed by atoms with Gasteiger partial charge in [-0.05, 0) is 63.7 Å². The molecule has 3 rings (SSSR count). The zero-order chi connectivity index (χ0) is 18.0. The van der Waals surface area contributed by atoms with E-state index in [1.165, 1.54) is 0 Å². The van der Waals surface area contributed by atoms with Crippen LogP contribution in [0.5, 0.6) is 0 Å². The van der Waals surface area contributed by atoms with Gasteiger partial charge in [0.05, 0.1) is 16.6 Å². The Balaban J connectivity index is 1.91. The molecule has 5 nitrogen and oxygen atoms in total. The lowest BCUT2D eigenvalue weighted by Gasteiger charge is -2.25. The number of aryl methyl sites for hydroxylation is 1. The molecule has 0 N–H and O–H groups in total. The van der Waals surface area contributed by atoms with Crippen LogP contribution in [0.2, 0.25) is 0 Å². The van der Waals surface area contributed by atoms with Gasteiger partial charge >= 0.3 is 0 Å². The lowest BCUT2D eigenvalue weighted by Crippen LogP contribution is -2.30. The third kappa shape index (κ3) is 3.92. The zero-order valence-corrected chi connectivity index (χ0v) is 15.8. The number of sulfonamides is 1. The van der Waals surface area contributed by atoms with Gasteiger partial charge in [0.2, 0.25) is 10.0 Å². The monoisotopic (exact) mass is 359 g/mol. The molecule has 25 heavy (non-hydrogen) atoms. The molecule has 1 aliphatic heterocycles. The highest BCUT2D eigenvalue weighted by atomic mass is 32.2. The Labute approximate surface area is 150 Å². The van der Waals surface area contributed by atoms with Crippen molar-refractivity contribution in [2.24, 2.45) is 0 Å². The van der Waals surface area contributed by atoms with Gasteiger partial charge < -0.3 is 4.90 Å². The van der Waals surface area contributed by atoms with Crippen molar-refractivity contribution in [1.82, 2.24) is 14.2 Å². The summed E-state index contributed by atoms with van der Waals surface area (Å²) >= 11 is 0. The second kappa shape index (κ2) is 7.23. The van der Waals surface area contributed by atoms with E-state index in [9.17, 15) is 8.42 Å². The van der Waals surface area contributed by atoms with E-state index in [4.69, 9.17) is 0 Å². The summed E-state index contributed by atoms with van der Waals surface area (Å²) in [5.41, 5.74) is 3.04. The number of hydrogen-bond donors (Lipinski definition) is 0. The van der Waals surface area contributed by atoms with Gasteiger partial charge in [-0.25, -0.2) is 8.42 Å². The topological polar surface area (TPSA) is 53.5 Å². The molecular weight excluding hydrogens is 334 g/mol. The zero-order valence-electron chi connectivity index (χ0n) is 15.0. The van der Waals surface area contributed by atoms with Gasteiger partial charge in [0, 0.05) is 19.3 Å². The molecule has 0 amide bonds. The van der Waals surface area contributed by atoms with E-state index in [-0.39, 0.29) is 6.04 Å². The second-order valence-electron chi connectivity index (χ2n) is 6.91. The van der Waals surface area contributed by atoms with Crippen LogP contribution in [-0.2, 0) is 16.6 Å². The molecule has 2 aromatic rings. The fourth-order valence-electron chi connectivity index (χ4n) is 3.32. The Morgan fingerprint density at radius 1 is 1.20 bits per heavy atom. The van der Waals surface area contributed by atoms with Crippen LogP contribution in [0.1, 0.15) is 35.7 Å². The smallest absolute Gasteiger partial charge is 0.243 e. The van der Waals surface area contributed by atoms with Gasteiger partial charge in [-0.1, -0.05) is 17.7 Å². The number of nitrogens with zero attached hydrogens (tertiary/aromatic N) is 3. The Bertz CT molecular complexity index is 832. The van der Waals surface area contributed by atoms with Crippen LogP contribution in [0.4, 0.5) is 0 Å². The number of rotatable bonds is 5. The molecule has 1 atom stereocenters. The molecule has 1 saturated heterocycles. The molecule has 1 aromatic carbocycles. The van der Waals surface area contributed by atoms with Crippen LogP contribution in [0.15, 0.2) is 47.5 Å². The highest BCUT2D eigenvalue weighted by molar-refractivity contribution is 7.89. The first-order chi connectivity index (χ1) is 11.9. The van der Waals surface area contributed by atoms with Crippen LogP contribution in [0.25, 0.3) is 0 Å². The summed E-state index contributed by atoms with van der Waals surface area (Å²) in [5.74, 6) is 0. The van der Waals surface area contributed by atoms with Crippen molar-refractivity contribution in [1.29, 1.82) is 0 Å². The van der Waals surface area contributed by atoms with E-state index in [2.05, 4.69) is 9.88 Å². The van der Waals surface area contributed by atoms with E-state index < -0.39 is 10.0 Å².